The van der Waals surface area contributed by atoms with Gasteiger partial charge >= 0.3 is 0 Å². The van der Waals surface area contributed by atoms with E-state index in [0.717, 1.165) is 19.6 Å². The zero-order chi connectivity index (χ0) is 17.6. The summed E-state index contributed by atoms with van der Waals surface area (Å²) in [7, 11) is 0. The van der Waals surface area contributed by atoms with Crippen LogP contribution in [0.25, 0.3) is 11.6 Å². The van der Waals surface area contributed by atoms with E-state index < -0.39 is 0 Å². The van der Waals surface area contributed by atoms with E-state index in [0.29, 0.717) is 0 Å². The maximum absolute atomic E-state index is 2.56. The van der Waals surface area contributed by atoms with Crippen molar-refractivity contribution in [3.8, 4) is 0 Å². The van der Waals surface area contributed by atoms with Gasteiger partial charge in [0.05, 0.1) is 0 Å². The zero-order valence-electron chi connectivity index (χ0n) is 14.8. The molecule has 26 heavy (non-hydrogen) atoms. The van der Waals surface area contributed by atoms with Gasteiger partial charge in [0.1, 0.15) is 0 Å². The fourth-order valence-electron chi connectivity index (χ4n) is 3.47. The number of thiophene rings is 2. The summed E-state index contributed by atoms with van der Waals surface area (Å²) in [6.45, 7) is 3.33. The van der Waals surface area contributed by atoms with E-state index >= 15 is 0 Å². The summed E-state index contributed by atoms with van der Waals surface area (Å²) in [5, 5.41) is 4.38. The lowest BCUT2D eigenvalue weighted by molar-refractivity contribution is 0.284. The van der Waals surface area contributed by atoms with Crippen molar-refractivity contribution in [3.05, 3.63) is 92.3 Å². The van der Waals surface area contributed by atoms with Crippen LogP contribution in [-0.4, -0.2) is 24.5 Å². The number of hydrogen-bond acceptors (Lipinski definition) is 3. The predicted molar refractivity (Wildman–Crippen MR) is 116 cm³/mol. The normalized spacial score (nSPS) is 15.6. The van der Waals surface area contributed by atoms with E-state index in [2.05, 4.69) is 82.4 Å². The first-order valence-electron chi connectivity index (χ1n) is 9.14. The van der Waals surface area contributed by atoms with Crippen LogP contribution in [-0.2, 0) is 0 Å². The van der Waals surface area contributed by atoms with Crippen molar-refractivity contribution in [3.63, 3.8) is 0 Å². The van der Waals surface area contributed by atoms with Crippen LogP contribution in [0.4, 0.5) is 0 Å². The average molecular weight is 378 g/mol. The molecule has 3 heterocycles. The summed E-state index contributed by atoms with van der Waals surface area (Å²) in [4.78, 5) is 5.39. The standard InChI is InChI=1S/C23H23NS2/c1-2-7-19(8-3-1)9-4-14-24-15-12-20(13-16-24)23(21-10-5-17-25-21)22-11-6-18-26-22/h1-11,17-18H,12-16H2/b9-4+. The molecule has 1 aliphatic rings. The van der Waals surface area contributed by atoms with Crippen LogP contribution in [0.2, 0.25) is 0 Å². The van der Waals surface area contributed by atoms with Crippen molar-refractivity contribution in [1.82, 2.24) is 4.90 Å². The molecule has 1 aromatic carbocycles. The largest absolute Gasteiger partial charge is 0.299 e. The number of rotatable bonds is 5. The Hall–Kier alpha value is -1.94. The molecule has 0 saturated carbocycles. The Morgan fingerprint density at radius 2 is 1.50 bits per heavy atom. The van der Waals surface area contributed by atoms with E-state index in [4.69, 9.17) is 0 Å². The molecule has 0 aliphatic carbocycles. The molecule has 2 aromatic heterocycles. The minimum atomic E-state index is 1.04. The molecular weight excluding hydrogens is 354 g/mol. The molecule has 1 fully saturated rings. The lowest BCUT2D eigenvalue weighted by Crippen LogP contribution is -2.31. The third kappa shape index (κ3) is 4.24. The van der Waals surface area contributed by atoms with E-state index in [1.165, 1.54) is 33.7 Å². The van der Waals surface area contributed by atoms with Crippen molar-refractivity contribution in [2.45, 2.75) is 12.8 Å². The molecule has 132 valence electrons. The van der Waals surface area contributed by atoms with Gasteiger partial charge in [-0.3, -0.25) is 4.90 Å². The molecule has 1 saturated heterocycles. The van der Waals surface area contributed by atoms with Gasteiger partial charge in [-0.1, -0.05) is 60.2 Å². The van der Waals surface area contributed by atoms with Gasteiger partial charge in [-0.2, -0.15) is 0 Å². The van der Waals surface area contributed by atoms with Gasteiger partial charge in [-0.15, -0.1) is 22.7 Å². The van der Waals surface area contributed by atoms with E-state index in [1.807, 2.05) is 22.7 Å². The third-order valence-corrected chi connectivity index (χ3v) is 6.60. The van der Waals surface area contributed by atoms with Gasteiger partial charge in [-0.25, -0.2) is 0 Å². The first-order chi connectivity index (χ1) is 12.9. The van der Waals surface area contributed by atoms with Gasteiger partial charge < -0.3 is 0 Å². The summed E-state index contributed by atoms with van der Waals surface area (Å²) < 4.78 is 0. The Morgan fingerprint density at radius 1 is 0.846 bits per heavy atom. The minimum Gasteiger partial charge on any atom is -0.299 e. The lowest BCUT2D eigenvalue weighted by atomic mass is 9.96. The zero-order valence-corrected chi connectivity index (χ0v) is 16.4. The highest BCUT2D eigenvalue weighted by Gasteiger charge is 2.19. The summed E-state index contributed by atoms with van der Waals surface area (Å²) >= 11 is 3.72. The molecule has 0 N–H and O–H groups in total. The van der Waals surface area contributed by atoms with E-state index in [1.54, 1.807) is 5.57 Å². The second-order valence-corrected chi connectivity index (χ2v) is 8.44. The van der Waals surface area contributed by atoms with Gasteiger partial charge in [0.25, 0.3) is 0 Å². The first-order valence-corrected chi connectivity index (χ1v) is 10.9. The fraction of sp³-hybridized carbons (Fsp3) is 0.217. The van der Waals surface area contributed by atoms with Crippen molar-refractivity contribution in [1.29, 1.82) is 0 Å². The van der Waals surface area contributed by atoms with Gasteiger partial charge in [0.15, 0.2) is 0 Å². The smallest absolute Gasteiger partial charge is 0.0356 e. The number of piperidine rings is 1. The summed E-state index contributed by atoms with van der Waals surface area (Å²) in [6.07, 6.45) is 6.87. The van der Waals surface area contributed by atoms with Crippen LogP contribution in [0.15, 0.2) is 77.0 Å². The Bertz CT molecular complexity index is 812. The quantitative estimate of drug-likeness (QED) is 0.496. The Labute approximate surface area is 163 Å². The molecule has 3 aromatic rings. The highest BCUT2D eigenvalue weighted by Crippen LogP contribution is 2.36. The average Bonchev–Trinajstić information content (AvgIpc) is 3.39. The van der Waals surface area contributed by atoms with Gasteiger partial charge in [0.2, 0.25) is 0 Å². The molecule has 0 atom stereocenters. The summed E-state index contributed by atoms with van der Waals surface area (Å²) in [6, 6.07) is 19.4. The number of benzene rings is 1. The minimum absolute atomic E-state index is 1.04. The maximum atomic E-state index is 2.56. The molecule has 1 aliphatic heterocycles. The van der Waals surface area contributed by atoms with Crippen LogP contribution >= 0.6 is 22.7 Å². The summed E-state index contributed by atoms with van der Waals surface area (Å²) in [5.41, 5.74) is 4.40. The van der Waals surface area contributed by atoms with Crippen LogP contribution in [0, 0.1) is 0 Å². The lowest BCUT2D eigenvalue weighted by Gasteiger charge is -2.28. The van der Waals surface area contributed by atoms with Crippen LogP contribution in [0.5, 0.6) is 0 Å². The molecule has 0 amide bonds. The Kier molecular flexibility index (Phi) is 5.80. The fourth-order valence-corrected chi connectivity index (χ4v) is 5.20. The molecule has 0 unspecified atom stereocenters. The number of hydrogen-bond donors (Lipinski definition) is 0. The Morgan fingerprint density at radius 3 is 2.08 bits per heavy atom. The Balaban J connectivity index is 1.43. The highest BCUT2D eigenvalue weighted by molar-refractivity contribution is 7.13. The van der Waals surface area contributed by atoms with Crippen molar-refractivity contribution in [2.75, 3.05) is 19.6 Å². The highest BCUT2D eigenvalue weighted by atomic mass is 32.1. The number of nitrogens with zero attached hydrogens (tertiary/aromatic N) is 1. The van der Waals surface area contributed by atoms with E-state index in [9.17, 15) is 0 Å². The molecule has 4 rings (SSSR count). The van der Waals surface area contributed by atoms with Gasteiger partial charge in [0, 0.05) is 35.0 Å². The first kappa shape index (κ1) is 17.5. The van der Waals surface area contributed by atoms with Gasteiger partial charge in [-0.05, 0) is 41.3 Å². The molecule has 1 nitrogen and oxygen atoms in total. The van der Waals surface area contributed by atoms with E-state index in [-0.39, 0.29) is 0 Å². The monoisotopic (exact) mass is 377 g/mol. The molecule has 0 radical (unpaired) electrons. The maximum Gasteiger partial charge on any atom is 0.0356 e. The van der Waals surface area contributed by atoms with Crippen LogP contribution in [0.3, 0.4) is 0 Å². The van der Waals surface area contributed by atoms with Crippen molar-refractivity contribution in [2.24, 2.45) is 0 Å². The third-order valence-electron chi connectivity index (χ3n) is 4.82. The second-order valence-electron chi connectivity index (χ2n) is 6.55. The SMILES string of the molecule is C(=C\c1ccccc1)/CN1CCC(=C(c2cccs2)c2cccs2)CC1. The topological polar surface area (TPSA) is 3.24 Å². The second kappa shape index (κ2) is 8.63. The van der Waals surface area contributed by atoms with Crippen LogP contribution in [0.1, 0.15) is 28.2 Å². The molecular formula is C23H23NS2. The molecule has 3 heteroatoms. The van der Waals surface area contributed by atoms with Crippen molar-refractivity contribution < 1.29 is 0 Å². The molecule has 0 spiro atoms. The summed E-state index contributed by atoms with van der Waals surface area (Å²) in [5.74, 6) is 0. The number of likely N-dealkylation sites (tertiary alicyclic amines) is 1. The van der Waals surface area contributed by atoms with Crippen LogP contribution < -0.4 is 0 Å². The molecule has 0 bridgehead atoms. The van der Waals surface area contributed by atoms with Crippen molar-refractivity contribution >= 4 is 34.3 Å². The predicted octanol–water partition coefficient (Wildman–Crippen LogP) is 6.42.